The summed E-state index contributed by atoms with van der Waals surface area (Å²) in [6.45, 7) is 2.56. The number of hydrogen-bond donors (Lipinski definition) is 2. The Morgan fingerprint density at radius 1 is 1.02 bits per heavy atom. The van der Waals surface area contributed by atoms with Crippen LogP contribution in [-0.2, 0) is 33.2 Å². The van der Waals surface area contributed by atoms with Gasteiger partial charge in [-0.25, -0.2) is 4.79 Å². The van der Waals surface area contributed by atoms with Gasteiger partial charge in [0, 0.05) is 76.5 Å². The van der Waals surface area contributed by atoms with Gasteiger partial charge in [-0.1, -0.05) is 18.2 Å². The van der Waals surface area contributed by atoms with Crippen LogP contribution in [-0.4, -0.2) is 123 Å². The molecule has 0 amide bonds. The molecule has 1 spiro atoms. The van der Waals surface area contributed by atoms with Gasteiger partial charge in [-0.2, -0.15) is 0 Å². The van der Waals surface area contributed by atoms with E-state index in [-0.39, 0.29) is 35.8 Å². The highest BCUT2D eigenvalue weighted by molar-refractivity contribution is 5.89. The van der Waals surface area contributed by atoms with Crippen molar-refractivity contribution < 1.29 is 48.2 Å². The lowest BCUT2D eigenvalue weighted by Crippen LogP contribution is -2.80. The van der Waals surface area contributed by atoms with Crippen molar-refractivity contribution in [2.75, 3.05) is 48.6 Å². The van der Waals surface area contributed by atoms with E-state index < -0.39 is 64.8 Å². The van der Waals surface area contributed by atoms with E-state index >= 15 is 0 Å². The molecule has 14 atom stereocenters. The maximum absolute atomic E-state index is 13.7. The fourth-order valence-electron chi connectivity index (χ4n) is 12.3. The molecular weight excluding hydrogens is 570 g/mol. The third-order valence-electron chi connectivity index (χ3n) is 12.8. The van der Waals surface area contributed by atoms with Crippen molar-refractivity contribution >= 4 is 11.9 Å². The van der Waals surface area contributed by atoms with Gasteiger partial charge in [0.25, 0.3) is 0 Å². The van der Waals surface area contributed by atoms with E-state index in [0.717, 1.165) is 19.4 Å². The molecule has 1 aromatic carbocycles. The number of carbonyl (C=O) groups excluding carboxylic acids is 2. The minimum atomic E-state index is -1.76. The molecule has 5 saturated carbocycles. The van der Waals surface area contributed by atoms with Crippen molar-refractivity contribution in [3.05, 3.63) is 35.9 Å². The second-order valence-corrected chi connectivity index (χ2v) is 14.2. The summed E-state index contributed by atoms with van der Waals surface area (Å²) in [5.41, 5.74) is -3.93. The van der Waals surface area contributed by atoms with Gasteiger partial charge in [0.15, 0.2) is 5.60 Å². The number of hydrogen-bond acceptors (Lipinski definition) is 11. The second-order valence-electron chi connectivity index (χ2n) is 14.2. The van der Waals surface area contributed by atoms with Crippen molar-refractivity contribution in [1.82, 2.24) is 4.90 Å². The quantitative estimate of drug-likeness (QED) is 0.410. The third-order valence-corrected chi connectivity index (χ3v) is 12.8. The number of ether oxygens (including phenoxy) is 6. The molecule has 0 aromatic heterocycles. The van der Waals surface area contributed by atoms with Crippen molar-refractivity contribution in [2.45, 2.75) is 73.9 Å². The fourth-order valence-corrected chi connectivity index (χ4v) is 12.3. The molecule has 44 heavy (non-hydrogen) atoms. The van der Waals surface area contributed by atoms with Gasteiger partial charge in [-0.05, 0) is 44.4 Å². The van der Waals surface area contributed by atoms with Crippen LogP contribution in [0.5, 0.6) is 0 Å². The van der Waals surface area contributed by atoms with E-state index in [2.05, 4.69) is 11.9 Å². The summed E-state index contributed by atoms with van der Waals surface area (Å²) in [6, 6.07) is 8.39. The zero-order valence-electron chi connectivity index (χ0n) is 26.3. The fraction of sp³-hybridized carbons (Fsp3) is 0.758. The summed E-state index contributed by atoms with van der Waals surface area (Å²) in [5.74, 6) is -2.96. The summed E-state index contributed by atoms with van der Waals surface area (Å²) in [5, 5.41) is 25.1. The molecule has 242 valence electrons. The van der Waals surface area contributed by atoms with Gasteiger partial charge in [0.05, 0.1) is 24.4 Å². The third kappa shape index (κ3) is 3.41. The number of aliphatic hydroxyl groups excluding tert-OH is 1. The first kappa shape index (κ1) is 30.5. The molecule has 11 heteroatoms. The van der Waals surface area contributed by atoms with Crippen LogP contribution in [0.2, 0.25) is 0 Å². The molecular formula is C33H45NO10. The van der Waals surface area contributed by atoms with Crippen molar-refractivity contribution in [2.24, 2.45) is 34.5 Å². The van der Waals surface area contributed by atoms with Gasteiger partial charge in [-0.3, -0.25) is 4.79 Å². The van der Waals surface area contributed by atoms with E-state index in [1.165, 1.54) is 14.0 Å². The number of aliphatic hydroxyl groups is 2. The zero-order chi connectivity index (χ0) is 31.4. The Kier molecular flexibility index (Phi) is 7.07. The Labute approximate surface area is 258 Å². The molecule has 7 bridgehead atoms. The van der Waals surface area contributed by atoms with Crippen LogP contribution in [0.1, 0.15) is 36.5 Å². The van der Waals surface area contributed by atoms with Crippen LogP contribution < -0.4 is 0 Å². The summed E-state index contributed by atoms with van der Waals surface area (Å²) < 4.78 is 37.5. The monoisotopic (exact) mass is 615 g/mol. The normalized spacial score (nSPS) is 49.9. The maximum Gasteiger partial charge on any atom is 0.338 e. The smallest absolute Gasteiger partial charge is 0.338 e. The number of likely N-dealkylation sites (tertiary alicyclic amines) is 1. The van der Waals surface area contributed by atoms with Crippen LogP contribution in [0.4, 0.5) is 0 Å². The number of esters is 2. The lowest BCUT2D eigenvalue weighted by molar-refractivity contribution is -0.316. The number of piperidine rings is 1. The lowest BCUT2D eigenvalue weighted by Gasteiger charge is -2.69. The number of benzene rings is 1. The maximum atomic E-state index is 13.7. The van der Waals surface area contributed by atoms with Crippen LogP contribution >= 0.6 is 0 Å². The van der Waals surface area contributed by atoms with E-state index in [1.807, 2.05) is 6.07 Å². The summed E-state index contributed by atoms with van der Waals surface area (Å²) in [6.07, 6.45) is -2.66. The van der Waals surface area contributed by atoms with Gasteiger partial charge in [0.2, 0.25) is 0 Å². The van der Waals surface area contributed by atoms with Gasteiger partial charge >= 0.3 is 11.9 Å². The van der Waals surface area contributed by atoms with Gasteiger partial charge < -0.3 is 43.5 Å². The number of fused-ring (bicyclic) bond motifs is 2. The second kappa shape index (κ2) is 10.2. The van der Waals surface area contributed by atoms with Gasteiger partial charge in [-0.15, -0.1) is 0 Å². The van der Waals surface area contributed by atoms with Crippen LogP contribution in [0, 0.1) is 34.5 Å². The molecule has 7 rings (SSSR count). The average Bonchev–Trinajstić information content (AvgIpc) is 3.39. The molecule has 5 aliphatic carbocycles. The summed E-state index contributed by atoms with van der Waals surface area (Å²) in [4.78, 5) is 29.2. The first-order valence-corrected chi connectivity index (χ1v) is 15.7. The Morgan fingerprint density at radius 3 is 2.36 bits per heavy atom. The number of nitrogens with zero attached hydrogens (tertiary/aromatic N) is 1. The van der Waals surface area contributed by atoms with E-state index in [1.54, 1.807) is 45.6 Å². The van der Waals surface area contributed by atoms with E-state index in [9.17, 15) is 19.8 Å². The van der Waals surface area contributed by atoms with E-state index in [0.29, 0.717) is 12.2 Å². The highest BCUT2D eigenvalue weighted by Crippen LogP contribution is 2.80. The average molecular weight is 616 g/mol. The molecule has 6 fully saturated rings. The Balaban J connectivity index is 1.51. The van der Waals surface area contributed by atoms with Crippen molar-refractivity contribution in [1.29, 1.82) is 0 Å². The number of rotatable bonds is 8. The summed E-state index contributed by atoms with van der Waals surface area (Å²) in [7, 11) is 8.63. The largest absolute Gasteiger partial charge is 0.455 e. The number of methoxy groups -OCH3 is 4. The first-order chi connectivity index (χ1) is 21.0. The van der Waals surface area contributed by atoms with Crippen LogP contribution in [0.15, 0.2) is 30.3 Å². The van der Waals surface area contributed by atoms with Crippen LogP contribution in [0.3, 0.4) is 0 Å². The van der Waals surface area contributed by atoms with Gasteiger partial charge in [0.1, 0.15) is 23.9 Å². The predicted molar refractivity (Wildman–Crippen MR) is 154 cm³/mol. The minimum absolute atomic E-state index is 0.103. The van der Waals surface area contributed by atoms with E-state index in [4.69, 9.17) is 28.4 Å². The molecule has 1 aromatic rings. The highest BCUT2D eigenvalue weighted by Gasteiger charge is 2.91. The first-order valence-electron chi connectivity index (χ1n) is 15.7. The molecule has 1 aliphatic heterocycles. The zero-order valence-corrected chi connectivity index (χ0v) is 26.3. The molecule has 11 nitrogen and oxygen atoms in total. The van der Waals surface area contributed by atoms with Crippen LogP contribution in [0.25, 0.3) is 0 Å². The standard InChI is InChI=1S/C33H45NO10/c1-17(35)44-33-21-19(14-31(38,28(42-6)26(33)36)27(21)43-29(37)18-10-8-7-9-11-18)32-20(40-4)12-13-30(16-39-3)15-34(2)25(32)22(33)23(41-5)24(30)32/h7-11,19-28,36,38H,12-16H2,1-6H3/t19?,20?,21?,22?,23?,24?,25-,26-,27?,28?,30-,31+,32?,33+/m0/s1. The summed E-state index contributed by atoms with van der Waals surface area (Å²) >= 11 is 0. The predicted octanol–water partition coefficient (Wildman–Crippen LogP) is 1.29. The Bertz CT molecular complexity index is 1310. The SMILES string of the molecule is COC[C@@]12CCC(OC)C34C5C[C@@]6(O)C(OC(=O)c7ccccc7)C5[C@@](OC(C)=O)(C(C(OC)C31)[C@@H]4N(C)C2)[C@@H](O)C6OC. The minimum Gasteiger partial charge on any atom is -0.455 e. The molecule has 1 saturated heterocycles. The lowest BCUT2D eigenvalue weighted by atomic mass is 9.43. The highest BCUT2D eigenvalue weighted by atomic mass is 16.6. The van der Waals surface area contributed by atoms with Crippen molar-refractivity contribution in [3.63, 3.8) is 0 Å². The Morgan fingerprint density at radius 2 is 1.75 bits per heavy atom. The molecule has 1 heterocycles. The Hall–Kier alpha value is -2.12. The molecule has 0 radical (unpaired) electrons. The topological polar surface area (TPSA) is 133 Å². The van der Waals surface area contributed by atoms with Crippen molar-refractivity contribution in [3.8, 4) is 0 Å². The number of carbonyl (C=O) groups is 2. The molecule has 9 unspecified atom stereocenters. The molecule has 6 aliphatic rings. The molecule has 2 N–H and O–H groups in total.